The van der Waals surface area contributed by atoms with Crippen molar-refractivity contribution in [3.8, 4) is 0 Å². The van der Waals surface area contributed by atoms with Crippen LogP contribution in [0.3, 0.4) is 0 Å². The lowest BCUT2D eigenvalue weighted by Gasteiger charge is -2.23. The molecule has 1 saturated carbocycles. The second kappa shape index (κ2) is 6.93. The molecular weight excluding hydrogens is 360 g/mol. The number of urea groups is 1. The van der Waals surface area contributed by atoms with Crippen molar-refractivity contribution in [2.45, 2.75) is 25.9 Å². The summed E-state index contributed by atoms with van der Waals surface area (Å²) in [5.74, 6) is 0.147. The molecule has 0 bridgehead atoms. The summed E-state index contributed by atoms with van der Waals surface area (Å²) in [6, 6.07) is 8.90. The summed E-state index contributed by atoms with van der Waals surface area (Å²) < 4.78 is 0.707. The second-order valence-corrected chi connectivity index (χ2v) is 7.08. The second-order valence-electron chi connectivity index (χ2n) is 7.08. The highest BCUT2D eigenvalue weighted by Gasteiger charge is 2.39. The Morgan fingerprint density at radius 3 is 2.68 bits per heavy atom. The van der Waals surface area contributed by atoms with Gasteiger partial charge < -0.3 is 5.73 Å². The molecule has 1 unspecified atom stereocenters. The van der Waals surface area contributed by atoms with E-state index >= 15 is 0 Å². The number of carbonyl (C=O) groups is 1. The van der Waals surface area contributed by atoms with Gasteiger partial charge in [0.1, 0.15) is 18.6 Å². The Bertz CT molecular complexity index is 1070. The molecule has 1 fully saturated rings. The summed E-state index contributed by atoms with van der Waals surface area (Å²) in [7, 11) is 0. The Labute approximate surface area is 160 Å². The van der Waals surface area contributed by atoms with Gasteiger partial charge in [-0.15, -0.1) is 0 Å². The average molecular weight is 381 g/mol. The quantitative estimate of drug-likeness (QED) is 0.681. The molecule has 2 amide bonds. The Hall–Kier alpha value is -3.46. The molecule has 1 aromatic heterocycles. The fourth-order valence-electron chi connectivity index (χ4n) is 3.16. The molecule has 9 heteroatoms. The van der Waals surface area contributed by atoms with Gasteiger partial charge in [0.05, 0.1) is 6.21 Å². The van der Waals surface area contributed by atoms with Crippen LogP contribution in [0.15, 0.2) is 57.3 Å². The van der Waals surface area contributed by atoms with Crippen LogP contribution in [0.4, 0.5) is 16.3 Å². The van der Waals surface area contributed by atoms with Crippen molar-refractivity contribution in [3.63, 3.8) is 0 Å². The number of nitrogens with one attached hydrogen (secondary N) is 2. The first-order chi connectivity index (χ1) is 13.5. The number of nitrogens with two attached hydrogens (primary N) is 1. The van der Waals surface area contributed by atoms with Crippen molar-refractivity contribution in [1.82, 2.24) is 9.55 Å². The number of nitrogens with zero attached hydrogens (tertiary/aromatic N) is 3. The predicted molar refractivity (Wildman–Crippen MR) is 106 cm³/mol. The van der Waals surface area contributed by atoms with Gasteiger partial charge in [-0.25, -0.2) is 9.59 Å². The number of allylic oxidation sites excluding steroid dienone is 1. The number of aromatic amines is 1. The molecule has 9 nitrogen and oxygen atoms in total. The maximum absolute atomic E-state index is 13.1. The van der Waals surface area contributed by atoms with Crippen LogP contribution in [0, 0.1) is 5.92 Å². The Balaban J connectivity index is 1.65. The van der Waals surface area contributed by atoms with E-state index in [1.807, 2.05) is 30.3 Å². The first kappa shape index (κ1) is 17.9. The van der Waals surface area contributed by atoms with Gasteiger partial charge in [0.2, 0.25) is 0 Å². The molecule has 0 radical (unpaired) electrons. The van der Waals surface area contributed by atoms with E-state index in [4.69, 9.17) is 5.73 Å². The number of H-pyrrole nitrogens is 1. The first-order valence-electron chi connectivity index (χ1n) is 9.08. The largest absolute Gasteiger partial charge is 0.452 e. The molecule has 1 aromatic carbocycles. The number of aromatic nitrogens is 2. The molecule has 1 aliphatic carbocycles. The Morgan fingerprint density at radius 2 is 2.04 bits per heavy atom. The lowest BCUT2D eigenvalue weighted by molar-refractivity contribution is -0.813. The van der Waals surface area contributed by atoms with E-state index in [0.29, 0.717) is 12.5 Å². The third-order valence-electron chi connectivity index (χ3n) is 4.89. The summed E-state index contributed by atoms with van der Waals surface area (Å²) in [5, 5.41) is 6.87. The van der Waals surface area contributed by atoms with Crippen LogP contribution in [0.2, 0.25) is 0 Å². The number of nitrogen functional groups attached to an aromatic ring is 1. The van der Waals surface area contributed by atoms with Gasteiger partial charge in [0.25, 0.3) is 5.56 Å². The van der Waals surface area contributed by atoms with Crippen LogP contribution in [0.5, 0.6) is 0 Å². The molecule has 4 N–H and O–H groups in total. The van der Waals surface area contributed by atoms with Gasteiger partial charge in [0.15, 0.2) is 5.69 Å². The third kappa shape index (κ3) is 3.39. The molecule has 2 aliphatic rings. The van der Waals surface area contributed by atoms with Crippen LogP contribution < -0.4 is 22.3 Å². The number of hydrogen-bond acceptors (Lipinski definition) is 5. The monoisotopic (exact) mass is 381 g/mol. The number of rotatable bonds is 5. The number of hydrogen-bond donors (Lipinski definition) is 3. The van der Waals surface area contributed by atoms with Crippen LogP contribution in [0.1, 0.15) is 18.4 Å². The third-order valence-corrected chi connectivity index (χ3v) is 4.89. The van der Waals surface area contributed by atoms with Crippen LogP contribution >= 0.6 is 0 Å². The summed E-state index contributed by atoms with van der Waals surface area (Å²) in [6.45, 7) is 0.596. The molecule has 144 valence electrons. The van der Waals surface area contributed by atoms with Gasteiger partial charge in [-0.1, -0.05) is 40.0 Å². The minimum absolute atomic E-state index is 0.133. The fourth-order valence-corrected chi connectivity index (χ4v) is 3.16. The van der Waals surface area contributed by atoms with Gasteiger partial charge in [-0.05, 0) is 18.8 Å². The highest BCUT2D eigenvalue weighted by molar-refractivity contribution is 5.88. The number of amides is 2. The molecule has 1 aliphatic heterocycles. The molecule has 4 rings (SSSR count). The summed E-state index contributed by atoms with van der Waals surface area (Å²) in [5.41, 5.74) is 5.43. The van der Waals surface area contributed by atoms with Crippen molar-refractivity contribution in [2.75, 3.05) is 11.1 Å². The van der Waals surface area contributed by atoms with Crippen molar-refractivity contribution in [1.29, 1.82) is 0 Å². The van der Waals surface area contributed by atoms with Gasteiger partial charge in [-0.3, -0.25) is 19.7 Å². The first-order valence-corrected chi connectivity index (χ1v) is 9.08. The van der Waals surface area contributed by atoms with Crippen molar-refractivity contribution in [2.24, 2.45) is 11.0 Å². The number of benzene rings is 1. The van der Waals surface area contributed by atoms with E-state index < -0.39 is 17.3 Å². The highest BCUT2D eigenvalue weighted by Crippen LogP contribution is 2.30. The van der Waals surface area contributed by atoms with E-state index in [1.54, 1.807) is 12.3 Å². The smallest absolute Gasteiger partial charge is 0.383 e. The summed E-state index contributed by atoms with van der Waals surface area (Å²) in [6.07, 6.45) is 6.80. The van der Waals surface area contributed by atoms with Crippen molar-refractivity contribution < 1.29 is 9.39 Å². The lowest BCUT2D eigenvalue weighted by atomic mass is 10.2. The topological polar surface area (TPSA) is 122 Å². The van der Waals surface area contributed by atoms with Crippen LogP contribution in [0.25, 0.3) is 0 Å². The molecule has 0 spiro atoms. The Morgan fingerprint density at radius 1 is 1.29 bits per heavy atom. The molecule has 0 saturated heterocycles. The van der Waals surface area contributed by atoms with E-state index in [1.165, 1.54) is 6.21 Å². The average Bonchev–Trinajstić information content (AvgIpc) is 3.38. The Kier molecular flexibility index (Phi) is 4.44. The van der Waals surface area contributed by atoms with Gasteiger partial charge >= 0.3 is 11.7 Å². The zero-order valence-corrected chi connectivity index (χ0v) is 15.2. The van der Waals surface area contributed by atoms with Gasteiger partial charge in [-0.2, -0.15) is 0 Å². The summed E-state index contributed by atoms with van der Waals surface area (Å²) in [4.78, 5) is 40.4. The highest BCUT2D eigenvalue weighted by atomic mass is 16.2. The molecule has 2 aromatic rings. The zero-order valence-electron chi connectivity index (χ0n) is 15.2. The normalized spacial score (nSPS) is 20.4. The van der Waals surface area contributed by atoms with Crippen LogP contribution in [-0.2, 0) is 13.1 Å². The molecular formula is C19H21N6O3+. The zero-order chi connectivity index (χ0) is 19.7. The lowest BCUT2D eigenvalue weighted by Crippen LogP contribution is -2.46. The molecule has 2 heterocycles. The van der Waals surface area contributed by atoms with Crippen molar-refractivity contribution in [3.05, 3.63) is 69.0 Å². The minimum Gasteiger partial charge on any atom is -0.383 e. The number of anilines is 2. The van der Waals surface area contributed by atoms with Gasteiger partial charge in [0, 0.05) is 18.2 Å². The summed E-state index contributed by atoms with van der Waals surface area (Å²) >= 11 is 0. The molecule has 28 heavy (non-hydrogen) atoms. The minimum atomic E-state index is -0.605. The number of quaternary nitrogens is 1. The molecule has 1 atom stereocenters. The van der Waals surface area contributed by atoms with Crippen LogP contribution in [-0.4, -0.2) is 26.4 Å². The van der Waals surface area contributed by atoms with Crippen molar-refractivity contribution >= 4 is 23.8 Å². The maximum Gasteiger partial charge on any atom is 0.452 e. The fraction of sp³-hybridized carbons (Fsp3) is 0.263. The van der Waals surface area contributed by atoms with E-state index in [0.717, 1.165) is 23.0 Å². The number of carbonyl (C=O) groups excluding carboxylic acids is 1. The van der Waals surface area contributed by atoms with E-state index in [9.17, 15) is 14.4 Å². The van der Waals surface area contributed by atoms with E-state index in [2.05, 4.69) is 15.4 Å². The maximum atomic E-state index is 13.1. The SMILES string of the molecule is Nc1[nH]c(=O)n(CC2CC2)c(=O)c1NC(=O)[N+]1(Cc2ccccc2)C=CC=N1. The van der Waals surface area contributed by atoms with E-state index in [-0.39, 0.29) is 22.6 Å². The predicted octanol–water partition coefficient (Wildman–Crippen LogP) is 1.59. The standard InChI is InChI=1S/C19H20N6O3/c20-16-15(17(26)24(18(27)23-16)11-13-7-8-13)22-19(28)25(10-4-9-21-25)12-14-5-2-1-3-6-14/h1-6,9-10,13H,7-8,11-12H2,(H3-,20,22,23,26,27,28)/p+1.